The number of carbonyl (C=O) groups is 1. The maximum Gasteiger partial charge on any atom is 0.221 e. The van der Waals surface area contributed by atoms with Gasteiger partial charge < -0.3 is 20.1 Å². The first kappa shape index (κ1) is 16.2. The molecule has 1 atom stereocenters. The number of carbonyl (C=O) groups excluding carboxylic acids is 1. The van der Waals surface area contributed by atoms with Gasteiger partial charge in [-0.15, -0.1) is 0 Å². The number of anilines is 2. The maximum absolute atomic E-state index is 11.1. The first-order valence-corrected chi connectivity index (χ1v) is 8.19. The monoisotopic (exact) mass is 326 g/mol. The summed E-state index contributed by atoms with van der Waals surface area (Å²) in [7, 11) is 0. The summed E-state index contributed by atoms with van der Waals surface area (Å²) < 4.78 is 11.2. The lowest BCUT2D eigenvalue weighted by atomic mass is 10.0. The van der Waals surface area contributed by atoms with E-state index in [-0.39, 0.29) is 11.9 Å². The van der Waals surface area contributed by atoms with E-state index in [1.54, 1.807) is 0 Å². The third kappa shape index (κ3) is 3.79. The molecule has 2 aromatic carbocycles. The fourth-order valence-electron chi connectivity index (χ4n) is 2.75. The quantitative estimate of drug-likeness (QED) is 0.872. The van der Waals surface area contributed by atoms with Crippen molar-refractivity contribution in [1.29, 1.82) is 0 Å². The molecule has 1 amide bonds. The van der Waals surface area contributed by atoms with Crippen LogP contribution in [0, 0.1) is 0 Å². The summed E-state index contributed by atoms with van der Waals surface area (Å²) in [6, 6.07) is 14.0. The van der Waals surface area contributed by atoms with Gasteiger partial charge in [-0.3, -0.25) is 4.79 Å². The van der Waals surface area contributed by atoms with Gasteiger partial charge in [0.15, 0.2) is 11.5 Å². The van der Waals surface area contributed by atoms with Crippen molar-refractivity contribution in [3.63, 3.8) is 0 Å². The average Bonchev–Trinajstić information content (AvgIpc) is 2.60. The van der Waals surface area contributed by atoms with E-state index < -0.39 is 0 Å². The van der Waals surface area contributed by atoms with E-state index in [0.29, 0.717) is 13.2 Å². The van der Waals surface area contributed by atoms with E-state index in [2.05, 4.69) is 23.6 Å². The second-order valence-corrected chi connectivity index (χ2v) is 5.77. The molecule has 5 nitrogen and oxygen atoms in total. The molecule has 1 aliphatic heterocycles. The molecule has 5 heteroatoms. The molecule has 3 rings (SSSR count). The molecule has 0 fully saturated rings. The van der Waals surface area contributed by atoms with Crippen LogP contribution in [0.5, 0.6) is 11.5 Å². The molecule has 1 heterocycles. The van der Waals surface area contributed by atoms with Crippen molar-refractivity contribution < 1.29 is 14.3 Å². The number of nitrogens with one attached hydrogen (secondary N) is 2. The van der Waals surface area contributed by atoms with Crippen LogP contribution in [0.2, 0.25) is 0 Å². The molecule has 0 saturated heterocycles. The van der Waals surface area contributed by atoms with Gasteiger partial charge in [0.05, 0.1) is 6.04 Å². The summed E-state index contributed by atoms with van der Waals surface area (Å²) in [6.45, 7) is 4.83. The van der Waals surface area contributed by atoms with E-state index in [0.717, 1.165) is 34.9 Å². The van der Waals surface area contributed by atoms with Crippen LogP contribution in [0.1, 0.15) is 31.9 Å². The molecule has 2 aromatic rings. The zero-order valence-corrected chi connectivity index (χ0v) is 14.0. The van der Waals surface area contributed by atoms with Gasteiger partial charge >= 0.3 is 0 Å². The number of ether oxygens (including phenoxy) is 2. The Labute approximate surface area is 142 Å². The maximum atomic E-state index is 11.1. The van der Waals surface area contributed by atoms with E-state index >= 15 is 0 Å². The Morgan fingerprint density at radius 1 is 1.04 bits per heavy atom. The van der Waals surface area contributed by atoms with Gasteiger partial charge in [0.25, 0.3) is 0 Å². The average molecular weight is 326 g/mol. The molecule has 0 radical (unpaired) electrons. The largest absolute Gasteiger partial charge is 0.486 e. The lowest BCUT2D eigenvalue weighted by Gasteiger charge is -2.23. The van der Waals surface area contributed by atoms with Gasteiger partial charge in [-0.05, 0) is 48.4 Å². The lowest BCUT2D eigenvalue weighted by molar-refractivity contribution is -0.114. The van der Waals surface area contributed by atoms with Gasteiger partial charge in [-0.25, -0.2) is 0 Å². The fourth-order valence-corrected chi connectivity index (χ4v) is 2.75. The summed E-state index contributed by atoms with van der Waals surface area (Å²) in [5.41, 5.74) is 2.96. The Kier molecular flexibility index (Phi) is 4.89. The topological polar surface area (TPSA) is 59.6 Å². The fraction of sp³-hybridized carbons (Fsp3) is 0.316. The first-order chi connectivity index (χ1) is 11.7. The van der Waals surface area contributed by atoms with Crippen molar-refractivity contribution >= 4 is 17.3 Å². The van der Waals surface area contributed by atoms with Crippen LogP contribution in [0.3, 0.4) is 0 Å². The van der Waals surface area contributed by atoms with Crippen LogP contribution in [-0.4, -0.2) is 19.1 Å². The standard InChI is InChI=1S/C19H22N2O3/c1-3-17(14-4-9-18-19(12-14)24-11-10-23-18)21-16-7-5-15(6-8-16)20-13(2)22/h4-9,12,17,21H,3,10-11H2,1-2H3,(H,20,22)/t17-/m1/s1. The molecule has 0 aliphatic carbocycles. The van der Waals surface area contributed by atoms with E-state index in [1.165, 1.54) is 6.92 Å². The van der Waals surface area contributed by atoms with Crippen molar-refractivity contribution in [2.75, 3.05) is 23.8 Å². The van der Waals surface area contributed by atoms with Gasteiger partial charge in [-0.2, -0.15) is 0 Å². The number of rotatable bonds is 5. The normalized spacial score (nSPS) is 13.9. The highest BCUT2D eigenvalue weighted by molar-refractivity contribution is 5.88. The van der Waals surface area contributed by atoms with Crippen LogP contribution >= 0.6 is 0 Å². The third-order valence-corrected chi connectivity index (χ3v) is 3.92. The number of hydrogen-bond acceptors (Lipinski definition) is 4. The number of fused-ring (bicyclic) bond motifs is 1. The van der Waals surface area contributed by atoms with Gasteiger partial charge in [0.2, 0.25) is 5.91 Å². The molecular weight excluding hydrogens is 304 g/mol. The van der Waals surface area contributed by atoms with Crippen LogP contribution in [0.4, 0.5) is 11.4 Å². The van der Waals surface area contributed by atoms with Gasteiger partial charge in [0.1, 0.15) is 13.2 Å². The van der Waals surface area contributed by atoms with Crippen molar-refractivity contribution in [1.82, 2.24) is 0 Å². The second-order valence-electron chi connectivity index (χ2n) is 5.77. The minimum Gasteiger partial charge on any atom is -0.486 e. The lowest BCUT2D eigenvalue weighted by Crippen LogP contribution is -2.16. The zero-order valence-electron chi connectivity index (χ0n) is 14.0. The number of benzene rings is 2. The Morgan fingerprint density at radius 2 is 1.71 bits per heavy atom. The molecule has 1 aliphatic rings. The van der Waals surface area contributed by atoms with Crippen LogP contribution in [0.25, 0.3) is 0 Å². The molecule has 126 valence electrons. The Morgan fingerprint density at radius 3 is 2.38 bits per heavy atom. The Hall–Kier alpha value is -2.69. The molecule has 2 N–H and O–H groups in total. The third-order valence-electron chi connectivity index (χ3n) is 3.92. The van der Waals surface area contributed by atoms with Crippen molar-refractivity contribution in [3.8, 4) is 11.5 Å². The smallest absolute Gasteiger partial charge is 0.221 e. The predicted molar refractivity (Wildman–Crippen MR) is 94.8 cm³/mol. The Balaban J connectivity index is 1.73. The van der Waals surface area contributed by atoms with Gasteiger partial charge in [0, 0.05) is 18.3 Å². The minimum atomic E-state index is -0.0709. The molecule has 0 bridgehead atoms. The van der Waals surface area contributed by atoms with Crippen LogP contribution in [0.15, 0.2) is 42.5 Å². The van der Waals surface area contributed by atoms with E-state index in [4.69, 9.17) is 9.47 Å². The predicted octanol–water partition coefficient (Wildman–Crippen LogP) is 3.98. The molecule has 24 heavy (non-hydrogen) atoms. The molecule has 0 spiro atoms. The van der Waals surface area contributed by atoms with Crippen molar-refractivity contribution in [2.45, 2.75) is 26.3 Å². The zero-order chi connectivity index (χ0) is 16.9. The molecule has 0 saturated carbocycles. The Bertz CT molecular complexity index is 713. The minimum absolute atomic E-state index is 0.0709. The summed E-state index contributed by atoms with van der Waals surface area (Å²) in [5, 5.41) is 6.29. The number of amides is 1. The number of hydrogen-bond donors (Lipinski definition) is 2. The molecule has 0 aromatic heterocycles. The first-order valence-electron chi connectivity index (χ1n) is 8.19. The highest BCUT2D eigenvalue weighted by Crippen LogP contribution is 2.34. The van der Waals surface area contributed by atoms with E-state index in [1.807, 2.05) is 36.4 Å². The highest BCUT2D eigenvalue weighted by atomic mass is 16.6. The van der Waals surface area contributed by atoms with Crippen molar-refractivity contribution in [2.24, 2.45) is 0 Å². The van der Waals surface area contributed by atoms with Crippen molar-refractivity contribution in [3.05, 3.63) is 48.0 Å². The van der Waals surface area contributed by atoms with E-state index in [9.17, 15) is 4.79 Å². The summed E-state index contributed by atoms with van der Waals surface area (Å²) in [4.78, 5) is 11.1. The van der Waals surface area contributed by atoms with Crippen LogP contribution < -0.4 is 20.1 Å². The molecule has 0 unspecified atom stereocenters. The SMILES string of the molecule is CC[C@@H](Nc1ccc(NC(C)=O)cc1)c1ccc2c(c1)OCCO2. The highest BCUT2D eigenvalue weighted by Gasteiger charge is 2.16. The summed E-state index contributed by atoms with van der Waals surface area (Å²) in [5.74, 6) is 1.54. The van der Waals surface area contributed by atoms with Crippen LogP contribution in [-0.2, 0) is 4.79 Å². The summed E-state index contributed by atoms with van der Waals surface area (Å²) >= 11 is 0. The summed E-state index contributed by atoms with van der Waals surface area (Å²) in [6.07, 6.45) is 0.938. The van der Waals surface area contributed by atoms with Gasteiger partial charge in [-0.1, -0.05) is 13.0 Å². The second kappa shape index (κ2) is 7.25. The molecular formula is C19H22N2O3.